The molecule has 1 unspecified atom stereocenters. The molecule has 0 saturated heterocycles. The van der Waals surface area contributed by atoms with Crippen molar-refractivity contribution in [3.05, 3.63) is 65.5 Å². The highest BCUT2D eigenvalue weighted by atomic mass is 19.1. The number of halogens is 2. The second-order valence-corrected chi connectivity index (χ2v) is 5.64. The quantitative estimate of drug-likeness (QED) is 0.742. The van der Waals surface area contributed by atoms with Gasteiger partial charge in [-0.25, -0.2) is 13.8 Å². The van der Waals surface area contributed by atoms with Crippen molar-refractivity contribution in [2.75, 3.05) is 7.05 Å². The summed E-state index contributed by atoms with van der Waals surface area (Å²) in [6.07, 6.45) is 8.83. The van der Waals surface area contributed by atoms with E-state index < -0.39 is 17.7 Å². The fraction of sp³-hybridized carbons (Fsp3) is 0.158. The zero-order valence-electron chi connectivity index (χ0n) is 13.5. The van der Waals surface area contributed by atoms with E-state index >= 15 is 0 Å². The van der Waals surface area contributed by atoms with Gasteiger partial charge in [-0.3, -0.25) is 4.79 Å². The van der Waals surface area contributed by atoms with Gasteiger partial charge in [0, 0.05) is 37.3 Å². The molecule has 1 aromatic carbocycles. The molecule has 6 heteroatoms. The number of hydrogen-bond donors (Lipinski definition) is 1. The molecule has 0 bridgehead atoms. The number of benzene rings is 1. The second kappa shape index (κ2) is 6.73. The zero-order valence-corrected chi connectivity index (χ0v) is 13.5. The van der Waals surface area contributed by atoms with Gasteiger partial charge in [0.15, 0.2) is 0 Å². The van der Waals surface area contributed by atoms with Gasteiger partial charge in [0.05, 0.1) is 11.6 Å². The minimum absolute atomic E-state index is 0.0887. The van der Waals surface area contributed by atoms with E-state index in [1.807, 2.05) is 0 Å². The summed E-state index contributed by atoms with van der Waals surface area (Å²) in [7, 11) is 1.56. The van der Waals surface area contributed by atoms with E-state index in [0.717, 1.165) is 6.07 Å². The lowest BCUT2D eigenvalue weighted by Gasteiger charge is -2.24. The summed E-state index contributed by atoms with van der Waals surface area (Å²) in [5.41, 5.74) is 1.29. The van der Waals surface area contributed by atoms with Crippen molar-refractivity contribution in [1.82, 2.24) is 14.9 Å². The van der Waals surface area contributed by atoms with Crippen LogP contribution in [-0.4, -0.2) is 33.9 Å². The number of nitrogens with zero attached hydrogens (tertiary/aromatic N) is 2. The molecule has 126 valence electrons. The van der Waals surface area contributed by atoms with Gasteiger partial charge < -0.3 is 9.88 Å². The normalized spacial score (nSPS) is 11.9. The van der Waals surface area contributed by atoms with E-state index in [1.54, 1.807) is 31.6 Å². The van der Waals surface area contributed by atoms with Gasteiger partial charge in [0.25, 0.3) is 5.91 Å². The lowest BCUT2D eigenvalue weighted by atomic mass is 10.0. The Balaban J connectivity index is 1.85. The van der Waals surface area contributed by atoms with Crippen molar-refractivity contribution in [2.45, 2.75) is 12.5 Å². The Hall–Kier alpha value is -3.20. The summed E-state index contributed by atoms with van der Waals surface area (Å²) in [6.45, 7) is 0. The number of likely N-dealkylation sites (N-methyl/N-ethyl adjacent to an activating group) is 1. The molecule has 0 spiro atoms. The van der Waals surface area contributed by atoms with E-state index in [-0.39, 0.29) is 17.9 Å². The van der Waals surface area contributed by atoms with Crippen LogP contribution in [0.2, 0.25) is 0 Å². The molecule has 3 rings (SSSR count). The average molecular weight is 339 g/mol. The Morgan fingerprint density at radius 1 is 1.40 bits per heavy atom. The van der Waals surface area contributed by atoms with Crippen molar-refractivity contribution in [3.8, 4) is 12.3 Å². The number of hydrogen-bond acceptors (Lipinski definition) is 2. The van der Waals surface area contributed by atoms with Crippen LogP contribution in [-0.2, 0) is 6.42 Å². The van der Waals surface area contributed by atoms with Gasteiger partial charge >= 0.3 is 0 Å². The minimum atomic E-state index is -0.683. The van der Waals surface area contributed by atoms with Crippen molar-refractivity contribution < 1.29 is 13.6 Å². The molecular formula is C19H15F2N3O. The zero-order chi connectivity index (χ0) is 18.0. The molecule has 2 heterocycles. The van der Waals surface area contributed by atoms with Gasteiger partial charge in [-0.05, 0) is 23.8 Å². The molecule has 1 N–H and O–H groups in total. The summed E-state index contributed by atoms with van der Waals surface area (Å²) < 4.78 is 26.9. The van der Waals surface area contributed by atoms with Crippen molar-refractivity contribution in [2.24, 2.45) is 0 Å². The van der Waals surface area contributed by atoms with Crippen LogP contribution < -0.4 is 0 Å². The highest BCUT2D eigenvalue weighted by molar-refractivity contribution is 6.06. The third-order valence-corrected chi connectivity index (χ3v) is 4.09. The first-order chi connectivity index (χ1) is 12.0. The number of nitrogens with one attached hydrogen (secondary N) is 1. The topological polar surface area (TPSA) is 49.0 Å². The first kappa shape index (κ1) is 16.7. The van der Waals surface area contributed by atoms with Gasteiger partial charge in [-0.2, -0.15) is 0 Å². The number of fused-ring (bicyclic) bond motifs is 1. The smallest absolute Gasteiger partial charge is 0.256 e. The first-order valence-corrected chi connectivity index (χ1v) is 7.60. The Morgan fingerprint density at radius 2 is 2.20 bits per heavy atom. The van der Waals surface area contributed by atoms with E-state index in [9.17, 15) is 13.6 Å². The summed E-state index contributed by atoms with van der Waals surface area (Å²) in [4.78, 5) is 21.2. The number of H-pyrrole nitrogens is 1. The van der Waals surface area contributed by atoms with Crippen LogP contribution >= 0.6 is 0 Å². The number of aromatic nitrogens is 2. The summed E-state index contributed by atoms with van der Waals surface area (Å²) in [5, 5.41) is 0.683. The van der Waals surface area contributed by atoms with Gasteiger partial charge in [0.1, 0.15) is 17.3 Å². The number of rotatable bonds is 4. The Kier molecular flexibility index (Phi) is 4.48. The number of pyridine rings is 1. The Labute approximate surface area is 143 Å². The van der Waals surface area contributed by atoms with Crippen molar-refractivity contribution in [1.29, 1.82) is 0 Å². The number of carbonyl (C=O) groups is 1. The number of terminal acetylenes is 1. The maximum atomic E-state index is 13.9. The van der Waals surface area contributed by atoms with E-state index in [2.05, 4.69) is 15.9 Å². The van der Waals surface area contributed by atoms with Crippen LogP contribution in [0.25, 0.3) is 11.0 Å². The third-order valence-electron chi connectivity index (χ3n) is 4.09. The highest BCUT2D eigenvalue weighted by Gasteiger charge is 2.23. The van der Waals surface area contributed by atoms with Gasteiger partial charge in [0.2, 0.25) is 0 Å². The number of carbonyl (C=O) groups excluding carboxylic acids is 1. The van der Waals surface area contributed by atoms with Crippen LogP contribution in [0.5, 0.6) is 0 Å². The molecule has 1 atom stereocenters. The maximum Gasteiger partial charge on any atom is 0.256 e. The molecule has 0 radical (unpaired) electrons. The molecule has 0 aliphatic rings. The third kappa shape index (κ3) is 3.22. The second-order valence-electron chi connectivity index (χ2n) is 5.64. The SMILES string of the molecule is C#CC(Cc1ccc(F)cc1F)N(C)C(=O)c1c[nH]c2ncccc12. The molecular weight excluding hydrogens is 324 g/mol. The standard InChI is InChI=1S/C19H15F2N3O/c1-3-14(9-12-6-7-13(20)10-17(12)21)24(2)19(25)16-11-23-18-15(16)5-4-8-22-18/h1,4-8,10-11,14H,9H2,2H3,(H,22,23). The fourth-order valence-electron chi connectivity index (χ4n) is 2.67. The summed E-state index contributed by atoms with van der Waals surface area (Å²) in [5.74, 6) is 0.860. The van der Waals surface area contributed by atoms with Crippen molar-refractivity contribution >= 4 is 16.9 Å². The van der Waals surface area contributed by atoms with Gasteiger partial charge in [-0.15, -0.1) is 6.42 Å². The van der Waals surface area contributed by atoms with Crippen LogP contribution in [0.1, 0.15) is 15.9 Å². The van der Waals surface area contributed by atoms with Crippen LogP contribution in [0, 0.1) is 24.0 Å². The largest absolute Gasteiger partial charge is 0.345 e. The number of aromatic amines is 1. The average Bonchev–Trinajstić information content (AvgIpc) is 3.04. The van der Waals surface area contributed by atoms with Crippen LogP contribution in [0.4, 0.5) is 8.78 Å². The Morgan fingerprint density at radius 3 is 2.92 bits per heavy atom. The monoisotopic (exact) mass is 339 g/mol. The van der Waals surface area contributed by atoms with Crippen molar-refractivity contribution in [3.63, 3.8) is 0 Å². The Bertz CT molecular complexity index is 974. The highest BCUT2D eigenvalue weighted by Crippen LogP contribution is 2.20. The first-order valence-electron chi connectivity index (χ1n) is 7.60. The van der Waals surface area contributed by atoms with E-state index in [0.29, 0.717) is 16.6 Å². The number of amides is 1. The van der Waals surface area contributed by atoms with Crippen LogP contribution in [0.3, 0.4) is 0 Å². The lowest BCUT2D eigenvalue weighted by Crippen LogP contribution is -2.37. The van der Waals surface area contributed by atoms with E-state index in [1.165, 1.54) is 17.0 Å². The summed E-state index contributed by atoms with van der Waals surface area (Å²) in [6, 6.07) is 6.15. The summed E-state index contributed by atoms with van der Waals surface area (Å²) >= 11 is 0. The predicted octanol–water partition coefficient (Wildman–Crippen LogP) is 3.16. The molecule has 3 aromatic rings. The molecule has 0 fully saturated rings. The molecule has 0 aliphatic heterocycles. The molecule has 2 aromatic heterocycles. The predicted molar refractivity (Wildman–Crippen MR) is 90.9 cm³/mol. The van der Waals surface area contributed by atoms with Gasteiger partial charge in [-0.1, -0.05) is 12.0 Å². The molecule has 0 saturated carbocycles. The minimum Gasteiger partial charge on any atom is -0.345 e. The molecule has 0 aliphatic carbocycles. The molecule has 4 nitrogen and oxygen atoms in total. The maximum absolute atomic E-state index is 13.9. The van der Waals surface area contributed by atoms with Crippen LogP contribution in [0.15, 0.2) is 42.7 Å². The van der Waals surface area contributed by atoms with E-state index in [4.69, 9.17) is 6.42 Å². The molecule has 1 amide bonds. The molecule has 25 heavy (non-hydrogen) atoms. The lowest BCUT2D eigenvalue weighted by molar-refractivity contribution is 0.0767. The fourth-order valence-corrected chi connectivity index (χ4v) is 2.67.